The molecule has 1 aliphatic heterocycles. The summed E-state index contributed by atoms with van der Waals surface area (Å²) in [4.78, 5) is 29.4. The standard InChI is InChI=1S/C14H20N4O2/c1-2-3-7-13(19)17-8-5-4-6-12(17)18-10-16-9-11(18)14(15)20/h3,7,9-10,12H,2,4-6,8H2,1H3,(H2,15,20). The van der Waals surface area contributed by atoms with Crippen LogP contribution in [-0.4, -0.2) is 32.8 Å². The van der Waals surface area contributed by atoms with Crippen molar-refractivity contribution in [3.63, 3.8) is 0 Å². The Morgan fingerprint density at radius 1 is 1.50 bits per heavy atom. The van der Waals surface area contributed by atoms with Gasteiger partial charge >= 0.3 is 0 Å². The maximum Gasteiger partial charge on any atom is 0.267 e. The number of carbonyl (C=O) groups is 2. The zero-order chi connectivity index (χ0) is 14.5. The molecule has 1 unspecified atom stereocenters. The summed E-state index contributed by atoms with van der Waals surface area (Å²) in [5.74, 6) is -0.551. The van der Waals surface area contributed by atoms with Gasteiger partial charge < -0.3 is 15.2 Å². The summed E-state index contributed by atoms with van der Waals surface area (Å²) in [6.07, 6.45) is 9.90. The Kier molecular flexibility index (Phi) is 4.55. The molecule has 1 saturated heterocycles. The van der Waals surface area contributed by atoms with Crippen LogP contribution in [0.1, 0.15) is 49.3 Å². The van der Waals surface area contributed by atoms with E-state index in [2.05, 4.69) is 4.98 Å². The third-order valence-electron chi connectivity index (χ3n) is 3.49. The second-order valence-corrected chi connectivity index (χ2v) is 4.87. The molecule has 1 aliphatic rings. The van der Waals surface area contributed by atoms with Gasteiger partial charge in [0.05, 0.1) is 12.5 Å². The first kappa shape index (κ1) is 14.3. The van der Waals surface area contributed by atoms with Crippen molar-refractivity contribution in [2.75, 3.05) is 6.54 Å². The number of rotatable bonds is 4. The van der Waals surface area contributed by atoms with Crippen molar-refractivity contribution < 1.29 is 9.59 Å². The Morgan fingerprint density at radius 3 is 3.00 bits per heavy atom. The van der Waals surface area contributed by atoms with Crippen LogP contribution in [-0.2, 0) is 4.79 Å². The third-order valence-corrected chi connectivity index (χ3v) is 3.49. The van der Waals surface area contributed by atoms with E-state index >= 15 is 0 Å². The lowest BCUT2D eigenvalue weighted by Crippen LogP contribution is -2.41. The lowest BCUT2D eigenvalue weighted by Gasteiger charge is -2.36. The van der Waals surface area contributed by atoms with E-state index in [9.17, 15) is 9.59 Å². The fourth-order valence-corrected chi connectivity index (χ4v) is 2.51. The summed E-state index contributed by atoms with van der Waals surface area (Å²) in [5.41, 5.74) is 5.69. The monoisotopic (exact) mass is 276 g/mol. The lowest BCUT2D eigenvalue weighted by molar-refractivity contribution is -0.131. The maximum absolute atomic E-state index is 12.2. The molecular formula is C14H20N4O2. The minimum atomic E-state index is -0.524. The Morgan fingerprint density at radius 2 is 2.30 bits per heavy atom. The molecule has 108 valence electrons. The van der Waals surface area contributed by atoms with Crippen LogP contribution in [0, 0.1) is 0 Å². The predicted octanol–water partition coefficient (Wildman–Crippen LogP) is 1.46. The quantitative estimate of drug-likeness (QED) is 0.845. The zero-order valence-corrected chi connectivity index (χ0v) is 11.7. The summed E-state index contributed by atoms with van der Waals surface area (Å²) in [5, 5.41) is 0. The van der Waals surface area contributed by atoms with Gasteiger partial charge in [-0.1, -0.05) is 13.0 Å². The third kappa shape index (κ3) is 2.89. The van der Waals surface area contributed by atoms with Gasteiger partial charge in [0.15, 0.2) is 0 Å². The van der Waals surface area contributed by atoms with E-state index in [1.54, 1.807) is 21.9 Å². The van der Waals surface area contributed by atoms with Gasteiger partial charge in [-0.3, -0.25) is 9.59 Å². The van der Waals surface area contributed by atoms with Crippen molar-refractivity contribution in [2.45, 2.75) is 38.8 Å². The van der Waals surface area contributed by atoms with Gasteiger partial charge in [-0.05, 0) is 31.8 Å². The van der Waals surface area contributed by atoms with E-state index in [0.717, 1.165) is 25.7 Å². The van der Waals surface area contributed by atoms with Gasteiger partial charge in [0.25, 0.3) is 5.91 Å². The summed E-state index contributed by atoms with van der Waals surface area (Å²) in [7, 11) is 0. The molecule has 0 radical (unpaired) electrons. The van der Waals surface area contributed by atoms with Crippen LogP contribution in [0.3, 0.4) is 0 Å². The molecule has 0 spiro atoms. The largest absolute Gasteiger partial charge is 0.364 e. The molecule has 1 aromatic heterocycles. The van der Waals surface area contributed by atoms with Gasteiger partial charge in [-0.25, -0.2) is 4.98 Å². The summed E-state index contributed by atoms with van der Waals surface area (Å²) < 4.78 is 1.71. The highest BCUT2D eigenvalue weighted by Crippen LogP contribution is 2.27. The molecule has 20 heavy (non-hydrogen) atoms. The van der Waals surface area contributed by atoms with E-state index < -0.39 is 5.91 Å². The van der Waals surface area contributed by atoms with E-state index in [1.165, 1.54) is 6.20 Å². The van der Waals surface area contributed by atoms with Gasteiger partial charge in [-0.15, -0.1) is 0 Å². The average molecular weight is 276 g/mol. The van der Waals surface area contributed by atoms with Crippen molar-refractivity contribution in [1.82, 2.24) is 14.5 Å². The molecule has 6 heteroatoms. The molecule has 0 bridgehead atoms. The molecule has 1 aromatic rings. The normalized spacial score (nSPS) is 19.4. The van der Waals surface area contributed by atoms with Crippen LogP contribution in [0.25, 0.3) is 0 Å². The number of nitrogens with zero attached hydrogens (tertiary/aromatic N) is 3. The molecule has 0 aromatic carbocycles. The number of allylic oxidation sites excluding steroid dienone is 1. The molecule has 2 N–H and O–H groups in total. The van der Waals surface area contributed by atoms with Crippen LogP contribution >= 0.6 is 0 Å². The molecule has 0 saturated carbocycles. The highest BCUT2D eigenvalue weighted by Gasteiger charge is 2.28. The molecular weight excluding hydrogens is 256 g/mol. The lowest BCUT2D eigenvalue weighted by atomic mass is 10.1. The average Bonchev–Trinajstić information content (AvgIpc) is 2.94. The first-order chi connectivity index (χ1) is 9.65. The van der Waals surface area contributed by atoms with Gasteiger partial charge in [0.2, 0.25) is 5.91 Å². The molecule has 2 amide bonds. The van der Waals surface area contributed by atoms with Gasteiger partial charge in [0.1, 0.15) is 11.9 Å². The maximum atomic E-state index is 12.2. The second kappa shape index (κ2) is 6.36. The predicted molar refractivity (Wildman–Crippen MR) is 74.8 cm³/mol. The Bertz CT molecular complexity index is 521. The topological polar surface area (TPSA) is 81.2 Å². The van der Waals surface area contributed by atoms with Crippen molar-refractivity contribution in [3.05, 3.63) is 30.4 Å². The molecule has 2 heterocycles. The molecule has 1 atom stereocenters. The van der Waals surface area contributed by atoms with E-state index in [0.29, 0.717) is 12.2 Å². The number of primary amides is 1. The SMILES string of the molecule is CCC=CC(=O)N1CCCCC1n1cncc1C(N)=O. The fourth-order valence-electron chi connectivity index (χ4n) is 2.51. The van der Waals surface area contributed by atoms with Crippen LogP contribution < -0.4 is 5.73 Å². The van der Waals surface area contributed by atoms with Gasteiger partial charge in [0, 0.05) is 6.54 Å². The Balaban J connectivity index is 2.26. The summed E-state index contributed by atoms with van der Waals surface area (Å²) >= 11 is 0. The first-order valence-electron chi connectivity index (χ1n) is 6.94. The molecule has 1 fully saturated rings. The fraction of sp³-hybridized carbons (Fsp3) is 0.500. The number of carbonyl (C=O) groups excluding carboxylic acids is 2. The zero-order valence-electron chi connectivity index (χ0n) is 11.7. The summed E-state index contributed by atoms with van der Waals surface area (Å²) in [6, 6.07) is 0. The number of hydrogen-bond acceptors (Lipinski definition) is 3. The smallest absolute Gasteiger partial charge is 0.267 e. The van der Waals surface area contributed by atoms with Gasteiger partial charge in [-0.2, -0.15) is 0 Å². The number of amides is 2. The van der Waals surface area contributed by atoms with Crippen LogP contribution in [0.4, 0.5) is 0 Å². The van der Waals surface area contributed by atoms with E-state index in [-0.39, 0.29) is 12.1 Å². The number of imidazole rings is 1. The molecule has 0 aliphatic carbocycles. The Hall–Kier alpha value is -2.11. The first-order valence-corrected chi connectivity index (χ1v) is 6.94. The van der Waals surface area contributed by atoms with E-state index in [1.807, 2.05) is 13.0 Å². The molecule has 2 rings (SSSR count). The molecule has 6 nitrogen and oxygen atoms in total. The van der Waals surface area contributed by atoms with E-state index in [4.69, 9.17) is 5.73 Å². The Labute approximate surface area is 118 Å². The minimum Gasteiger partial charge on any atom is -0.364 e. The number of piperidine rings is 1. The number of aromatic nitrogens is 2. The van der Waals surface area contributed by atoms with Crippen molar-refractivity contribution in [3.8, 4) is 0 Å². The second-order valence-electron chi connectivity index (χ2n) is 4.87. The number of nitrogens with two attached hydrogens (primary N) is 1. The highest BCUT2D eigenvalue weighted by atomic mass is 16.2. The van der Waals surface area contributed by atoms with Crippen molar-refractivity contribution in [2.24, 2.45) is 5.73 Å². The summed E-state index contributed by atoms with van der Waals surface area (Å²) in [6.45, 7) is 2.67. The number of hydrogen-bond donors (Lipinski definition) is 1. The number of likely N-dealkylation sites (tertiary alicyclic amines) is 1. The minimum absolute atomic E-state index is 0.0272. The van der Waals surface area contributed by atoms with Crippen LogP contribution in [0.2, 0.25) is 0 Å². The van der Waals surface area contributed by atoms with Crippen LogP contribution in [0.5, 0.6) is 0 Å². The van der Waals surface area contributed by atoms with Crippen LogP contribution in [0.15, 0.2) is 24.7 Å². The van der Waals surface area contributed by atoms with Crippen molar-refractivity contribution >= 4 is 11.8 Å². The van der Waals surface area contributed by atoms with Crippen molar-refractivity contribution in [1.29, 1.82) is 0 Å². The highest BCUT2D eigenvalue weighted by molar-refractivity contribution is 5.91.